The summed E-state index contributed by atoms with van der Waals surface area (Å²) in [6, 6.07) is 1.41. The first-order valence-electron chi connectivity index (χ1n) is 10.9. The van der Waals surface area contributed by atoms with E-state index in [0.29, 0.717) is 0 Å². The predicted molar refractivity (Wildman–Crippen MR) is 127 cm³/mol. The van der Waals surface area contributed by atoms with Crippen LogP contribution in [0.25, 0.3) is 0 Å². The molecule has 2 amide bonds. The van der Waals surface area contributed by atoms with Crippen LogP contribution >= 0.6 is 12.2 Å². The number of hydrogen-bond acceptors (Lipinski definition) is 8. The number of alkyl halides is 3. The van der Waals surface area contributed by atoms with Crippen molar-refractivity contribution in [2.24, 2.45) is 0 Å². The molecule has 1 unspecified atom stereocenters. The second kappa shape index (κ2) is 13.9. The first-order valence-corrected chi connectivity index (χ1v) is 11.3. The number of anilines is 1. The quantitative estimate of drug-likeness (QED) is 0.232. The largest absolute Gasteiger partial charge is 0.461 e. The van der Waals surface area contributed by atoms with Crippen LogP contribution in [0, 0.1) is 0 Å². The van der Waals surface area contributed by atoms with E-state index in [2.05, 4.69) is 15.6 Å². The van der Waals surface area contributed by atoms with Crippen molar-refractivity contribution in [3.05, 3.63) is 18.0 Å². The van der Waals surface area contributed by atoms with E-state index in [4.69, 9.17) is 31.2 Å². The van der Waals surface area contributed by atoms with Gasteiger partial charge >= 0.3 is 24.3 Å². The lowest BCUT2D eigenvalue weighted by molar-refractivity contribution is -0.183. The molecule has 0 saturated heterocycles. The van der Waals surface area contributed by atoms with E-state index in [0.717, 1.165) is 4.90 Å². The zero-order valence-corrected chi connectivity index (χ0v) is 21.4. The normalized spacial score (nSPS) is 12.3. The minimum absolute atomic E-state index is 0.0316. The Balaban J connectivity index is 3.25. The fourth-order valence-corrected chi connectivity index (χ4v) is 2.93. The number of amides is 2. The summed E-state index contributed by atoms with van der Waals surface area (Å²) in [5.41, 5.74) is -0.823. The third-order valence-electron chi connectivity index (χ3n) is 3.97. The number of nitrogens with zero attached hydrogens (tertiary/aromatic N) is 1. The molecule has 15 heteroatoms. The summed E-state index contributed by atoms with van der Waals surface area (Å²) < 4.78 is 58.6. The summed E-state index contributed by atoms with van der Waals surface area (Å²) in [4.78, 5) is 40.2. The van der Waals surface area contributed by atoms with Crippen LogP contribution in [-0.4, -0.2) is 79.0 Å². The van der Waals surface area contributed by atoms with E-state index in [9.17, 15) is 27.6 Å². The van der Waals surface area contributed by atoms with Gasteiger partial charge in [0.05, 0.1) is 31.5 Å². The lowest BCUT2D eigenvalue weighted by Crippen LogP contribution is -2.50. The molecule has 0 aliphatic rings. The Morgan fingerprint density at radius 1 is 1.11 bits per heavy atom. The van der Waals surface area contributed by atoms with E-state index < -0.39 is 55.7 Å². The van der Waals surface area contributed by atoms with Crippen LogP contribution in [0.2, 0.25) is 0 Å². The van der Waals surface area contributed by atoms with Gasteiger partial charge < -0.3 is 34.1 Å². The van der Waals surface area contributed by atoms with Gasteiger partial charge in [-0.1, -0.05) is 0 Å². The molecule has 0 saturated carbocycles. The number of H-pyrrole nitrogens is 1. The van der Waals surface area contributed by atoms with Crippen LogP contribution in [0.1, 0.15) is 45.1 Å². The van der Waals surface area contributed by atoms with Crippen LogP contribution in [0.15, 0.2) is 12.3 Å². The van der Waals surface area contributed by atoms with Crippen molar-refractivity contribution in [2.45, 2.75) is 52.5 Å². The van der Waals surface area contributed by atoms with Gasteiger partial charge in [-0.05, 0) is 52.9 Å². The van der Waals surface area contributed by atoms with Crippen LogP contribution in [0.3, 0.4) is 0 Å². The molecule has 0 fully saturated rings. The molecule has 3 N–H and O–H groups in total. The lowest BCUT2D eigenvalue weighted by Gasteiger charge is -2.30. The maximum atomic E-state index is 12.9. The third-order valence-corrected chi connectivity index (χ3v) is 4.29. The van der Waals surface area contributed by atoms with Gasteiger partial charge in [-0.2, -0.15) is 13.2 Å². The van der Waals surface area contributed by atoms with Gasteiger partial charge in [0, 0.05) is 12.7 Å². The van der Waals surface area contributed by atoms with Crippen molar-refractivity contribution in [3.8, 4) is 0 Å². The van der Waals surface area contributed by atoms with E-state index >= 15 is 0 Å². The van der Waals surface area contributed by atoms with Crippen molar-refractivity contribution in [1.82, 2.24) is 15.6 Å². The fourth-order valence-electron chi connectivity index (χ4n) is 2.67. The molecule has 0 aromatic carbocycles. The Kier molecular flexibility index (Phi) is 11.9. The van der Waals surface area contributed by atoms with Gasteiger partial charge in [0.1, 0.15) is 17.9 Å². The van der Waals surface area contributed by atoms with E-state index in [-0.39, 0.29) is 29.7 Å². The highest BCUT2D eigenvalue weighted by molar-refractivity contribution is 7.80. The average molecular weight is 541 g/mol. The van der Waals surface area contributed by atoms with E-state index in [1.807, 2.05) is 0 Å². The second-order valence-electron chi connectivity index (χ2n) is 8.15. The molecule has 1 atom stereocenters. The average Bonchev–Trinajstić information content (AvgIpc) is 3.21. The van der Waals surface area contributed by atoms with Crippen LogP contribution < -0.4 is 15.5 Å². The summed E-state index contributed by atoms with van der Waals surface area (Å²) in [6.07, 6.45) is -6.39. The standard InChI is InChI=1S/C21H31F3N4O7S/c1-6-32-16(29)15-14(8-9-25-15)28(17(36)27-19(31)33-7-2)11-13(34-12-21(22,23)24)10-26-18(30)35-20(3,4)5/h8-9,13,25H,6-7,10-12H2,1-5H3,(H,26,30)(H,27,31,36). The number of aromatic nitrogens is 1. The maximum absolute atomic E-state index is 12.9. The highest BCUT2D eigenvalue weighted by Crippen LogP contribution is 2.23. The number of halogens is 3. The van der Waals surface area contributed by atoms with Crippen molar-refractivity contribution in [2.75, 3.05) is 37.8 Å². The maximum Gasteiger partial charge on any atom is 0.413 e. The number of rotatable bonds is 10. The van der Waals surface area contributed by atoms with Crippen molar-refractivity contribution >= 4 is 41.2 Å². The molecule has 11 nitrogen and oxygen atoms in total. The molecule has 204 valence electrons. The summed E-state index contributed by atoms with van der Waals surface area (Å²) >= 11 is 5.27. The molecule has 0 spiro atoms. The summed E-state index contributed by atoms with van der Waals surface area (Å²) in [5.74, 6) is -0.763. The Hall–Kier alpha value is -3.07. The molecule has 1 heterocycles. The Morgan fingerprint density at radius 3 is 2.31 bits per heavy atom. The van der Waals surface area contributed by atoms with Gasteiger partial charge in [-0.25, -0.2) is 14.4 Å². The zero-order chi connectivity index (χ0) is 27.5. The number of carbonyl (C=O) groups excluding carboxylic acids is 3. The number of hydrogen-bond donors (Lipinski definition) is 3. The molecule has 1 rings (SSSR count). The number of esters is 1. The van der Waals surface area contributed by atoms with Gasteiger partial charge in [-0.3, -0.25) is 5.32 Å². The number of nitrogens with one attached hydrogen (secondary N) is 3. The first-order chi connectivity index (χ1) is 16.7. The number of carbonyl (C=O) groups is 3. The number of alkyl carbamates (subject to hydrolysis) is 2. The minimum Gasteiger partial charge on any atom is -0.461 e. The Bertz CT molecular complexity index is 903. The van der Waals surface area contributed by atoms with Crippen LogP contribution in [0.4, 0.5) is 28.4 Å². The smallest absolute Gasteiger partial charge is 0.413 e. The second-order valence-corrected chi connectivity index (χ2v) is 8.54. The number of aromatic amines is 1. The molecule has 1 aromatic heterocycles. The van der Waals surface area contributed by atoms with Crippen molar-refractivity contribution in [1.29, 1.82) is 0 Å². The van der Waals surface area contributed by atoms with Gasteiger partial charge in [-0.15, -0.1) is 0 Å². The molecular formula is C21H31F3N4O7S. The third kappa shape index (κ3) is 11.6. The summed E-state index contributed by atoms with van der Waals surface area (Å²) in [7, 11) is 0. The molecular weight excluding hydrogens is 509 g/mol. The van der Waals surface area contributed by atoms with E-state index in [1.54, 1.807) is 34.6 Å². The van der Waals surface area contributed by atoms with Gasteiger partial charge in [0.15, 0.2) is 5.11 Å². The van der Waals surface area contributed by atoms with E-state index in [1.165, 1.54) is 12.3 Å². The Labute approximate surface area is 211 Å². The highest BCUT2D eigenvalue weighted by atomic mass is 32.1. The summed E-state index contributed by atoms with van der Waals surface area (Å²) in [5, 5.41) is 4.34. The zero-order valence-electron chi connectivity index (χ0n) is 20.6. The lowest BCUT2D eigenvalue weighted by atomic mass is 10.2. The predicted octanol–water partition coefficient (Wildman–Crippen LogP) is 3.50. The molecule has 0 bridgehead atoms. The van der Waals surface area contributed by atoms with Gasteiger partial charge in [0.25, 0.3) is 0 Å². The molecule has 36 heavy (non-hydrogen) atoms. The molecule has 0 radical (unpaired) electrons. The fraction of sp³-hybridized carbons (Fsp3) is 0.619. The van der Waals surface area contributed by atoms with Gasteiger partial charge in [0.2, 0.25) is 0 Å². The minimum atomic E-state index is -4.66. The van der Waals surface area contributed by atoms with Crippen LogP contribution in [0.5, 0.6) is 0 Å². The topological polar surface area (TPSA) is 131 Å². The number of ether oxygens (including phenoxy) is 4. The monoisotopic (exact) mass is 540 g/mol. The van der Waals surface area contributed by atoms with Crippen molar-refractivity contribution < 1.29 is 46.5 Å². The number of thiocarbonyl (C=S) groups is 1. The van der Waals surface area contributed by atoms with Crippen LogP contribution in [-0.2, 0) is 18.9 Å². The molecule has 1 aromatic rings. The Morgan fingerprint density at radius 2 is 1.75 bits per heavy atom. The highest BCUT2D eigenvalue weighted by Gasteiger charge is 2.32. The molecule has 0 aliphatic heterocycles. The summed E-state index contributed by atoms with van der Waals surface area (Å²) in [6.45, 7) is 5.64. The SMILES string of the molecule is CCOC(=O)NC(=S)N(CC(CNC(=O)OC(C)(C)C)OCC(F)(F)F)c1cc[nH]c1C(=O)OCC. The molecule has 0 aliphatic carbocycles. The van der Waals surface area contributed by atoms with Crippen molar-refractivity contribution in [3.63, 3.8) is 0 Å². The first kappa shape index (κ1) is 31.0.